The van der Waals surface area contributed by atoms with Crippen LogP contribution in [0, 0.1) is 17.1 Å². The van der Waals surface area contributed by atoms with Gasteiger partial charge in [-0.25, -0.2) is 9.07 Å². The van der Waals surface area contributed by atoms with Gasteiger partial charge in [0, 0.05) is 12.0 Å². The monoisotopic (exact) mass is 363 g/mol. The van der Waals surface area contributed by atoms with Crippen LogP contribution in [-0.4, -0.2) is 16.4 Å². The van der Waals surface area contributed by atoms with E-state index in [4.69, 9.17) is 4.74 Å². The van der Waals surface area contributed by atoms with Gasteiger partial charge in [0.1, 0.15) is 10.9 Å². The molecule has 4 nitrogen and oxygen atoms in total. The summed E-state index contributed by atoms with van der Waals surface area (Å²) in [5.41, 5.74) is 0.599. The first-order valence-electron chi connectivity index (χ1n) is 7.56. The molecule has 1 atom stereocenters. The van der Waals surface area contributed by atoms with E-state index < -0.39 is 5.41 Å². The Balaban J connectivity index is 1.95. The van der Waals surface area contributed by atoms with Crippen LogP contribution in [-0.2, 0) is 10.2 Å². The van der Waals surface area contributed by atoms with Crippen LogP contribution in [0.15, 0.2) is 16.6 Å². The Morgan fingerprint density at radius 1 is 1.41 bits per heavy atom. The lowest BCUT2D eigenvalue weighted by Gasteiger charge is -2.23. The molecule has 2 heterocycles. The van der Waals surface area contributed by atoms with E-state index in [1.165, 1.54) is 0 Å². The van der Waals surface area contributed by atoms with Gasteiger partial charge in [0.15, 0.2) is 12.0 Å². The standard InChI is InChI=1S/C16H15BrFN3O/c17-11-5-4-10-14(13(11)18)21(12-3-1-2-8-22-12)20-15(10)16(9-19)6-7-16/h4-5,12H,1-3,6-8H2. The second-order valence-electron chi connectivity index (χ2n) is 6.07. The molecule has 1 aliphatic carbocycles. The number of nitriles is 1. The smallest absolute Gasteiger partial charge is 0.163 e. The highest BCUT2D eigenvalue weighted by molar-refractivity contribution is 9.10. The zero-order valence-electron chi connectivity index (χ0n) is 12.0. The van der Waals surface area contributed by atoms with Gasteiger partial charge in [0.25, 0.3) is 0 Å². The lowest BCUT2D eigenvalue weighted by molar-refractivity contribution is -0.0372. The molecule has 0 N–H and O–H groups in total. The Bertz CT molecular complexity index is 785. The van der Waals surface area contributed by atoms with E-state index in [1.54, 1.807) is 10.7 Å². The second kappa shape index (κ2) is 5.04. The molecule has 114 valence electrons. The molecule has 22 heavy (non-hydrogen) atoms. The number of fused-ring (bicyclic) bond motifs is 1. The molecular weight excluding hydrogens is 349 g/mol. The van der Waals surface area contributed by atoms with Gasteiger partial charge in [-0.1, -0.05) is 0 Å². The first-order chi connectivity index (χ1) is 10.7. The second-order valence-corrected chi connectivity index (χ2v) is 6.92. The summed E-state index contributed by atoms with van der Waals surface area (Å²) < 4.78 is 22.5. The number of nitrogens with zero attached hydrogens (tertiary/aromatic N) is 3. The molecule has 1 saturated heterocycles. The van der Waals surface area contributed by atoms with Crippen molar-refractivity contribution >= 4 is 26.8 Å². The van der Waals surface area contributed by atoms with Crippen LogP contribution in [0.1, 0.15) is 44.0 Å². The number of benzene rings is 1. The number of rotatable bonds is 2. The topological polar surface area (TPSA) is 50.8 Å². The summed E-state index contributed by atoms with van der Waals surface area (Å²) in [4.78, 5) is 0. The van der Waals surface area contributed by atoms with Crippen molar-refractivity contribution in [3.05, 3.63) is 28.1 Å². The Morgan fingerprint density at radius 2 is 2.23 bits per heavy atom. The Labute approximate surface area is 136 Å². The van der Waals surface area contributed by atoms with Gasteiger partial charge in [-0.05, 0) is 60.2 Å². The lowest BCUT2D eigenvalue weighted by Crippen LogP contribution is -2.20. The molecule has 1 saturated carbocycles. The molecule has 4 rings (SSSR count). The van der Waals surface area contributed by atoms with Gasteiger partial charge in [-0.3, -0.25) is 0 Å². The first kappa shape index (κ1) is 14.2. The summed E-state index contributed by atoms with van der Waals surface area (Å²) in [6, 6.07) is 5.89. The molecule has 0 radical (unpaired) electrons. The fourth-order valence-corrected chi connectivity index (χ4v) is 3.49. The summed E-state index contributed by atoms with van der Waals surface area (Å²) in [5.74, 6) is -0.334. The van der Waals surface area contributed by atoms with Gasteiger partial charge in [0.2, 0.25) is 0 Å². The molecule has 2 fully saturated rings. The SMILES string of the molecule is N#CC1(c2nn(C3CCCCO3)c3c(F)c(Br)ccc23)CC1. The van der Waals surface area contributed by atoms with Crippen molar-refractivity contribution in [2.24, 2.45) is 0 Å². The molecule has 2 aromatic rings. The third-order valence-electron chi connectivity index (χ3n) is 4.61. The van der Waals surface area contributed by atoms with Crippen molar-refractivity contribution in [3.8, 4) is 6.07 Å². The molecule has 2 aliphatic rings. The third kappa shape index (κ3) is 1.99. The van der Waals surface area contributed by atoms with Crippen molar-refractivity contribution in [3.63, 3.8) is 0 Å². The summed E-state index contributed by atoms with van der Waals surface area (Å²) in [6.45, 7) is 0.667. The maximum atomic E-state index is 14.7. The van der Waals surface area contributed by atoms with Crippen LogP contribution >= 0.6 is 15.9 Å². The number of hydrogen-bond donors (Lipinski definition) is 0. The fourth-order valence-electron chi connectivity index (χ4n) is 3.17. The third-order valence-corrected chi connectivity index (χ3v) is 5.22. The van der Waals surface area contributed by atoms with Crippen molar-refractivity contribution < 1.29 is 9.13 Å². The van der Waals surface area contributed by atoms with Crippen LogP contribution in [0.5, 0.6) is 0 Å². The predicted octanol–water partition coefficient (Wildman–Crippen LogP) is 4.19. The molecule has 1 aliphatic heterocycles. The van der Waals surface area contributed by atoms with E-state index in [9.17, 15) is 9.65 Å². The van der Waals surface area contributed by atoms with Gasteiger partial charge >= 0.3 is 0 Å². The number of halogens is 2. The average molecular weight is 364 g/mol. The van der Waals surface area contributed by atoms with Gasteiger partial charge in [0.05, 0.1) is 16.2 Å². The fraction of sp³-hybridized carbons (Fsp3) is 0.500. The van der Waals surface area contributed by atoms with Crippen LogP contribution in [0.2, 0.25) is 0 Å². The van der Waals surface area contributed by atoms with Crippen LogP contribution in [0.4, 0.5) is 4.39 Å². The largest absolute Gasteiger partial charge is 0.356 e. The molecule has 1 unspecified atom stereocenters. The van der Waals surface area contributed by atoms with Crippen LogP contribution < -0.4 is 0 Å². The highest BCUT2D eigenvalue weighted by atomic mass is 79.9. The summed E-state index contributed by atoms with van der Waals surface area (Å²) in [5, 5.41) is 14.8. The van der Waals surface area contributed by atoms with Crippen molar-refractivity contribution in [1.82, 2.24) is 9.78 Å². The molecule has 0 spiro atoms. The van der Waals surface area contributed by atoms with Gasteiger partial charge < -0.3 is 4.74 Å². The van der Waals surface area contributed by atoms with Crippen molar-refractivity contribution in [1.29, 1.82) is 5.26 Å². The van der Waals surface area contributed by atoms with Gasteiger partial charge in [-0.2, -0.15) is 10.4 Å². The number of aromatic nitrogens is 2. The maximum absolute atomic E-state index is 14.7. The predicted molar refractivity (Wildman–Crippen MR) is 82.8 cm³/mol. The maximum Gasteiger partial charge on any atom is 0.163 e. The molecule has 6 heteroatoms. The summed E-state index contributed by atoms with van der Waals surface area (Å²) in [6.07, 6.45) is 4.22. The molecule has 1 aromatic heterocycles. The highest BCUT2D eigenvalue weighted by Crippen LogP contribution is 2.50. The number of hydrogen-bond acceptors (Lipinski definition) is 3. The molecule has 0 amide bonds. The minimum atomic E-state index is -0.543. The van der Waals surface area contributed by atoms with E-state index in [1.807, 2.05) is 6.07 Å². The Kier molecular flexibility index (Phi) is 3.24. The van der Waals surface area contributed by atoms with Crippen LogP contribution in [0.25, 0.3) is 10.9 Å². The van der Waals surface area contributed by atoms with E-state index in [0.29, 0.717) is 22.3 Å². The van der Waals surface area contributed by atoms with Crippen molar-refractivity contribution in [2.75, 3.05) is 6.61 Å². The normalized spacial score (nSPS) is 23.4. The van der Waals surface area contributed by atoms with Crippen LogP contribution in [0.3, 0.4) is 0 Å². The van der Waals surface area contributed by atoms with Gasteiger partial charge in [-0.15, -0.1) is 0 Å². The Hall–Kier alpha value is -1.45. The van der Waals surface area contributed by atoms with E-state index >= 15 is 0 Å². The molecule has 1 aromatic carbocycles. The zero-order valence-corrected chi connectivity index (χ0v) is 13.6. The minimum Gasteiger partial charge on any atom is -0.356 e. The Morgan fingerprint density at radius 3 is 2.86 bits per heavy atom. The zero-order chi connectivity index (χ0) is 15.3. The average Bonchev–Trinajstić information content (AvgIpc) is 3.25. The number of ether oxygens (including phenoxy) is 1. The highest BCUT2D eigenvalue weighted by Gasteiger charge is 2.49. The van der Waals surface area contributed by atoms with E-state index in [-0.39, 0.29) is 12.0 Å². The van der Waals surface area contributed by atoms with Crippen molar-refractivity contribution in [2.45, 2.75) is 43.7 Å². The molecule has 0 bridgehead atoms. The van der Waals surface area contributed by atoms with E-state index in [0.717, 1.165) is 37.5 Å². The quantitative estimate of drug-likeness (QED) is 0.803. The lowest BCUT2D eigenvalue weighted by atomic mass is 10.0. The minimum absolute atomic E-state index is 0.247. The summed E-state index contributed by atoms with van der Waals surface area (Å²) >= 11 is 3.24. The summed E-state index contributed by atoms with van der Waals surface area (Å²) in [7, 11) is 0. The first-order valence-corrected chi connectivity index (χ1v) is 8.35. The van der Waals surface area contributed by atoms with E-state index in [2.05, 4.69) is 27.1 Å². The molecular formula is C16H15BrFN3O.